The molecule has 0 aromatic rings. The molecule has 0 saturated carbocycles. The van der Waals surface area contributed by atoms with Crippen molar-refractivity contribution in [3.8, 4) is 0 Å². The smallest absolute Gasteiger partial charge is 0.361 e. The van der Waals surface area contributed by atoms with Crippen LogP contribution >= 0.6 is 0 Å². The van der Waals surface area contributed by atoms with Crippen LogP contribution in [-0.4, -0.2) is 87.4 Å². The Labute approximate surface area is 436 Å². The van der Waals surface area contributed by atoms with Gasteiger partial charge in [0.25, 0.3) is 6.29 Å². The van der Waals surface area contributed by atoms with Gasteiger partial charge in [-0.3, -0.25) is 9.59 Å². The number of likely N-dealkylation sites (N-methyl/N-ethyl adjacent to an activating group) is 1. The second kappa shape index (κ2) is 52.8. The minimum Gasteiger partial charge on any atom is -0.477 e. The topological polar surface area (TPSA) is 108 Å². The molecule has 0 aromatic heterocycles. The van der Waals surface area contributed by atoms with Gasteiger partial charge in [-0.05, 0) is 77.0 Å². The molecule has 0 aliphatic carbocycles. The highest BCUT2D eigenvalue weighted by atomic mass is 16.7. The van der Waals surface area contributed by atoms with Crippen molar-refractivity contribution in [3.05, 3.63) is 85.1 Å². The molecule has 0 spiro atoms. The zero-order valence-corrected chi connectivity index (χ0v) is 46.4. The lowest BCUT2D eigenvalue weighted by molar-refractivity contribution is -0.870. The van der Waals surface area contributed by atoms with E-state index in [1.165, 1.54) is 141 Å². The molecular weight excluding hydrogens is 887 g/mol. The molecule has 0 amide bonds. The first-order chi connectivity index (χ1) is 34.6. The highest BCUT2D eigenvalue weighted by molar-refractivity contribution is 5.71. The van der Waals surface area contributed by atoms with E-state index < -0.39 is 24.3 Å². The monoisotopic (exact) mass is 995 g/mol. The third-order valence-electron chi connectivity index (χ3n) is 12.1. The van der Waals surface area contributed by atoms with Gasteiger partial charge in [-0.1, -0.05) is 227 Å². The van der Waals surface area contributed by atoms with Crippen molar-refractivity contribution >= 4 is 17.9 Å². The summed E-state index contributed by atoms with van der Waals surface area (Å²) in [5, 5.41) is 9.67. The molecule has 1 N–H and O–H groups in total. The van der Waals surface area contributed by atoms with E-state index in [0.29, 0.717) is 17.4 Å². The van der Waals surface area contributed by atoms with Crippen molar-refractivity contribution in [1.29, 1.82) is 0 Å². The van der Waals surface area contributed by atoms with Gasteiger partial charge in [-0.15, -0.1) is 0 Å². The number of rotatable bonds is 52. The fourth-order valence-electron chi connectivity index (χ4n) is 7.74. The van der Waals surface area contributed by atoms with E-state index in [1.54, 1.807) is 0 Å². The maximum Gasteiger partial charge on any atom is 0.361 e. The number of hydrogen-bond acceptors (Lipinski definition) is 7. The van der Waals surface area contributed by atoms with Crippen LogP contribution in [0.1, 0.15) is 232 Å². The van der Waals surface area contributed by atoms with E-state index in [4.69, 9.17) is 18.9 Å². The average Bonchev–Trinajstić information content (AvgIpc) is 3.34. The lowest BCUT2D eigenvalue weighted by Gasteiger charge is -2.25. The van der Waals surface area contributed by atoms with Crippen LogP contribution in [-0.2, 0) is 33.3 Å². The molecule has 2 atom stereocenters. The number of nitrogens with zero attached hydrogens (tertiary/aromatic N) is 1. The summed E-state index contributed by atoms with van der Waals surface area (Å²) < 4.78 is 22.7. The number of esters is 2. The molecule has 0 fully saturated rings. The van der Waals surface area contributed by atoms with E-state index in [1.807, 2.05) is 33.3 Å². The molecule has 9 nitrogen and oxygen atoms in total. The molecule has 0 aromatic carbocycles. The van der Waals surface area contributed by atoms with Gasteiger partial charge in [0.15, 0.2) is 6.10 Å². The molecule has 0 aliphatic rings. The molecule has 2 unspecified atom stereocenters. The molecule has 0 rings (SSSR count). The zero-order valence-electron chi connectivity index (χ0n) is 46.4. The number of carbonyl (C=O) groups excluding carboxylic acids is 2. The first-order valence-corrected chi connectivity index (χ1v) is 28.8. The van der Waals surface area contributed by atoms with Crippen LogP contribution in [0.25, 0.3) is 0 Å². The van der Waals surface area contributed by atoms with Crippen LogP contribution in [0, 0.1) is 0 Å². The van der Waals surface area contributed by atoms with Crippen molar-refractivity contribution in [1.82, 2.24) is 0 Å². The summed E-state index contributed by atoms with van der Waals surface area (Å²) in [4.78, 5) is 37.2. The van der Waals surface area contributed by atoms with Crippen LogP contribution in [0.4, 0.5) is 0 Å². The van der Waals surface area contributed by atoms with Crippen LogP contribution < -0.4 is 0 Å². The van der Waals surface area contributed by atoms with E-state index in [2.05, 4.69) is 86.8 Å². The molecule has 0 aliphatic heterocycles. The SMILES string of the molecule is CC/C=C\C/C=C\C/C=C\C/C=C\CCC(=O)OC(COC(=O)CCCCCCCCCCCCCCCCCCCC/C=C\C/C=C\C/C=C\CCCCCCC)COC(OCC[N+](C)(C)C)C(=O)O. The van der Waals surface area contributed by atoms with E-state index >= 15 is 0 Å². The molecular formula is C62H108NO8+. The number of hydrogen-bond donors (Lipinski definition) is 1. The van der Waals surface area contributed by atoms with Gasteiger partial charge >= 0.3 is 17.9 Å². The Kier molecular flexibility index (Phi) is 50.2. The van der Waals surface area contributed by atoms with Crippen LogP contribution in [0.3, 0.4) is 0 Å². The van der Waals surface area contributed by atoms with Crippen LogP contribution in [0.15, 0.2) is 85.1 Å². The van der Waals surface area contributed by atoms with E-state index in [9.17, 15) is 19.5 Å². The van der Waals surface area contributed by atoms with Crippen LogP contribution in [0.2, 0.25) is 0 Å². The largest absolute Gasteiger partial charge is 0.477 e. The highest BCUT2D eigenvalue weighted by Gasteiger charge is 2.25. The number of ether oxygens (including phenoxy) is 4. The molecule has 408 valence electrons. The average molecular weight is 996 g/mol. The van der Waals surface area contributed by atoms with Crippen molar-refractivity contribution in [3.63, 3.8) is 0 Å². The summed E-state index contributed by atoms with van der Waals surface area (Å²) >= 11 is 0. The molecule has 0 heterocycles. The fraction of sp³-hybridized carbons (Fsp3) is 0.726. The number of carboxylic acids is 1. The first kappa shape index (κ1) is 67.5. The lowest BCUT2D eigenvalue weighted by atomic mass is 10.0. The predicted octanol–water partition coefficient (Wildman–Crippen LogP) is 16.8. The summed E-state index contributed by atoms with van der Waals surface area (Å²) in [6.45, 7) is 4.66. The van der Waals surface area contributed by atoms with Crippen LogP contribution in [0.5, 0.6) is 0 Å². The Morgan fingerprint density at radius 3 is 1.25 bits per heavy atom. The number of quaternary nitrogens is 1. The van der Waals surface area contributed by atoms with Crippen molar-refractivity contribution < 1.29 is 42.9 Å². The van der Waals surface area contributed by atoms with Crippen molar-refractivity contribution in [2.45, 2.75) is 245 Å². The zero-order chi connectivity index (χ0) is 52.0. The number of allylic oxidation sites excluding steroid dienone is 14. The Balaban J connectivity index is 4.10. The van der Waals surface area contributed by atoms with Gasteiger partial charge in [0.05, 0.1) is 34.4 Å². The third-order valence-corrected chi connectivity index (χ3v) is 12.1. The normalized spacial score (nSPS) is 13.4. The predicted molar refractivity (Wildman–Crippen MR) is 299 cm³/mol. The number of carboxylic acid groups (broad SMARTS) is 1. The Hall–Kier alpha value is -3.53. The summed E-state index contributed by atoms with van der Waals surface area (Å²) in [7, 11) is 5.94. The third kappa shape index (κ3) is 54.1. The standard InChI is InChI=1S/C62H107NO8/c1-6-8-10-12-14-16-18-20-21-22-23-24-25-26-27-28-29-30-31-32-33-34-35-36-37-38-39-41-42-44-46-48-50-52-59(64)69-56-58(57-70-62(61(66)67)68-55-54-63(3,4)5)71-60(65)53-51-49-47-45-43-40-19-17-15-13-11-9-7-2/h9,11,15,17-18,20,22-23,25-26,40,43,47,49,58,62H,6-8,10,12-14,16,19,21,24,27-39,41-42,44-46,48,50-57H2,1-5H3/p+1/b11-9-,17-15-,20-18-,23-22-,26-25-,43-40-,49-47-. The maximum atomic E-state index is 12.8. The number of unbranched alkanes of at least 4 members (excludes halogenated alkanes) is 23. The quantitative estimate of drug-likeness (QED) is 0.0211. The minimum atomic E-state index is -1.53. The Bertz CT molecular complexity index is 1440. The minimum absolute atomic E-state index is 0.137. The number of aliphatic carboxylic acids is 1. The molecule has 0 radical (unpaired) electrons. The van der Waals surface area contributed by atoms with Crippen molar-refractivity contribution in [2.24, 2.45) is 0 Å². The summed E-state index contributed by atoms with van der Waals surface area (Å²) in [6.07, 6.45) is 67.1. The lowest BCUT2D eigenvalue weighted by Crippen LogP contribution is -2.40. The van der Waals surface area contributed by atoms with Gasteiger partial charge in [0.1, 0.15) is 13.2 Å². The van der Waals surface area contributed by atoms with Gasteiger partial charge in [-0.25, -0.2) is 4.79 Å². The van der Waals surface area contributed by atoms with Crippen molar-refractivity contribution in [2.75, 3.05) is 47.5 Å². The summed E-state index contributed by atoms with van der Waals surface area (Å²) in [5.41, 5.74) is 0. The molecule has 9 heteroatoms. The van der Waals surface area contributed by atoms with Gasteiger partial charge in [-0.2, -0.15) is 0 Å². The Morgan fingerprint density at radius 2 is 0.831 bits per heavy atom. The van der Waals surface area contributed by atoms with Gasteiger partial charge < -0.3 is 28.5 Å². The summed E-state index contributed by atoms with van der Waals surface area (Å²) in [5.74, 6) is -2.12. The fourth-order valence-corrected chi connectivity index (χ4v) is 7.74. The second-order valence-electron chi connectivity index (χ2n) is 20.2. The second-order valence-corrected chi connectivity index (χ2v) is 20.2. The Morgan fingerprint density at radius 1 is 0.437 bits per heavy atom. The van der Waals surface area contributed by atoms with E-state index in [0.717, 1.165) is 57.8 Å². The molecule has 0 bridgehead atoms. The highest BCUT2D eigenvalue weighted by Crippen LogP contribution is 2.16. The molecule has 0 saturated heterocycles. The maximum absolute atomic E-state index is 12.8. The van der Waals surface area contributed by atoms with Gasteiger partial charge in [0, 0.05) is 12.8 Å². The van der Waals surface area contributed by atoms with Gasteiger partial charge in [0.2, 0.25) is 0 Å². The molecule has 71 heavy (non-hydrogen) atoms. The number of carbonyl (C=O) groups is 3. The summed E-state index contributed by atoms with van der Waals surface area (Å²) in [6, 6.07) is 0. The van der Waals surface area contributed by atoms with E-state index in [-0.39, 0.29) is 38.6 Å². The first-order valence-electron chi connectivity index (χ1n) is 28.8.